The van der Waals surface area contributed by atoms with Crippen molar-refractivity contribution in [2.75, 3.05) is 19.7 Å². The van der Waals surface area contributed by atoms with Gasteiger partial charge in [0.05, 0.1) is 6.61 Å². The Morgan fingerprint density at radius 2 is 2.22 bits per heavy atom. The minimum absolute atomic E-state index is 0.116. The Kier molecular flexibility index (Phi) is 5.87. The molecule has 0 spiro atoms. The number of nitrogens with zero attached hydrogens (tertiary/aromatic N) is 1. The van der Waals surface area contributed by atoms with Crippen LogP contribution in [0.5, 0.6) is 0 Å². The molecule has 0 aliphatic rings. The Morgan fingerprint density at radius 3 is 2.83 bits per heavy atom. The van der Waals surface area contributed by atoms with Gasteiger partial charge in [-0.3, -0.25) is 0 Å². The third kappa shape index (κ3) is 4.18. The maximum absolute atomic E-state index is 13.3. The number of amides is 2. The number of rotatable bonds is 6. The Morgan fingerprint density at radius 1 is 1.50 bits per heavy atom. The van der Waals surface area contributed by atoms with Crippen molar-refractivity contribution < 1.29 is 14.3 Å². The lowest BCUT2D eigenvalue weighted by Gasteiger charge is -2.20. The Hall–Kier alpha value is -1.88. The molecule has 98 valence electrons. The van der Waals surface area contributed by atoms with Crippen LogP contribution in [0.15, 0.2) is 36.9 Å². The van der Waals surface area contributed by atoms with Crippen molar-refractivity contribution in [3.8, 4) is 0 Å². The molecule has 0 radical (unpaired) electrons. The number of halogens is 1. The minimum Gasteiger partial charge on any atom is -0.395 e. The zero-order valence-corrected chi connectivity index (χ0v) is 10.1. The third-order valence-electron chi connectivity index (χ3n) is 2.39. The van der Waals surface area contributed by atoms with Crippen LogP contribution < -0.4 is 5.32 Å². The maximum atomic E-state index is 13.3. The zero-order valence-electron chi connectivity index (χ0n) is 10.1. The van der Waals surface area contributed by atoms with Crippen LogP contribution in [-0.2, 0) is 6.54 Å². The second-order valence-corrected chi connectivity index (χ2v) is 3.71. The van der Waals surface area contributed by atoms with Gasteiger partial charge in [0.1, 0.15) is 5.82 Å². The van der Waals surface area contributed by atoms with E-state index in [4.69, 9.17) is 5.11 Å². The number of carbonyl (C=O) groups excluding carboxylic acids is 1. The summed E-state index contributed by atoms with van der Waals surface area (Å²) in [5, 5.41) is 11.4. The summed E-state index contributed by atoms with van der Waals surface area (Å²) < 4.78 is 13.3. The van der Waals surface area contributed by atoms with E-state index < -0.39 is 0 Å². The van der Waals surface area contributed by atoms with Gasteiger partial charge in [-0.2, -0.15) is 0 Å². The van der Waals surface area contributed by atoms with Gasteiger partial charge >= 0.3 is 6.03 Å². The number of hydrogen-bond acceptors (Lipinski definition) is 2. The van der Waals surface area contributed by atoms with Crippen LogP contribution in [0.2, 0.25) is 0 Å². The molecule has 1 aromatic rings. The quantitative estimate of drug-likeness (QED) is 0.754. The SMILES string of the molecule is C=CCN(CCO)C(=O)NCc1ccccc1F. The smallest absolute Gasteiger partial charge is 0.318 e. The van der Waals surface area contributed by atoms with E-state index in [0.29, 0.717) is 12.1 Å². The summed E-state index contributed by atoms with van der Waals surface area (Å²) in [5.41, 5.74) is 0.424. The molecule has 1 aromatic carbocycles. The summed E-state index contributed by atoms with van der Waals surface area (Å²) >= 11 is 0. The van der Waals surface area contributed by atoms with Crippen molar-refractivity contribution in [3.63, 3.8) is 0 Å². The van der Waals surface area contributed by atoms with Gasteiger partial charge in [0, 0.05) is 25.2 Å². The van der Waals surface area contributed by atoms with Crippen LogP contribution in [-0.4, -0.2) is 35.7 Å². The number of hydrogen-bond donors (Lipinski definition) is 2. The molecule has 18 heavy (non-hydrogen) atoms. The van der Waals surface area contributed by atoms with Gasteiger partial charge in [-0.25, -0.2) is 9.18 Å². The number of aliphatic hydroxyl groups is 1. The van der Waals surface area contributed by atoms with Gasteiger partial charge in [0.2, 0.25) is 0 Å². The number of urea groups is 1. The molecule has 0 aliphatic heterocycles. The predicted octanol–water partition coefficient (Wildman–Crippen LogP) is 1.52. The lowest BCUT2D eigenvalue weighted by atomic mass is 10.2. The summed E-state index contributed by atoms with van der Waals surface area (Å²) in [7, 11) is 0. The van der Waals surface area contributed by atoms with Crippen molar-refractivity contribution in [1.82, 2.24) is 10.2 Å². The summed E-state index contributed by atoms with van der Waals surface area (Å²) in [5.74, 6) is -0.352. The second kappa shape index (κ2) is 7.45. The fourth-order valence-electron chi connectivity index (χ4n) is 1.48. The Balaban J connectivity index is 2.53. The van der Waals surface area contributed by atoms with Crippen LogP contribution in [0.1, 0.15) is 5.56 Å². The normalized spacial score (nSPS) is 9.89. The summed E-state index contributed by atoms with van der Waals surface area (Å²) in [4.78, 5) is 13.1. The molecular weight excluding hydrogens is 235 g/mol. The molecule has 0 saturated heterocycles. The summed E-state index contributed by atoms with van der Waals surface area (Å²) in [6, 6.07) is 5.90. The molecule has 0 heterocycles. The molecule has 5 heteroatoms. The van der Waals surface area contributed by atoms with Crippen LogP contribution in [0.4, 0.5) is 9.18 Å². The second-order valence-electron chi connectivity index (χ2n) is 3.71. The van der Waals surface area contributed by atoms with Crippen LogP contribution in [0.3, 0.4) is 0 Å². The molecule has 0 aliphatic carbocycles. The van der Waals surface area contributed by atoms with E-state index in [1.165, 1.54) is 11.0 Å². The Labute approximate surface area is 106 Å². The predicted molar refractivity (Wildman–Crippen MR) is 67.5 cm³/mol. The maximum Gasteiger partial charge on any atom is 0.318 e. The first-order chi connectivity index (χ1) is 8.69. The molecule has 0 unspecified atom stereocenters. The van der Waals surface area contributed by atoms with Gasteiger partial charge in [-0.15, -0.1) is 6.58 Å². The number of aliphatic hydroxyl groups excluding tert-OH is 1. The highest BCUT2D eigenvalue weighted by atomic mass is 19.1. The van der Waals surface area contributed by atoms with Gasteiger partial charge in [0.25, 0.3) is 0 Å². The van der Waals surface area contributed by atoms with Crippen molar-refractivity contribution in [1.29, 1.82) is 0 Å². The standard InChI is InChI=1S/C13H17FN2O2/c1-2-7-16(8-9-17)13(18)15-10-11-5-3-4-6-12(11)14/h2-6,17H,1,7-10H2,(H,15,18). The first-order valence-corrected chi connectivity index (χ1v) is 5.67. The van der Waals surface area contributed by atoms with Gasteiger partial charge < -0.3 is 15.3 Å². The summed E-state index contributed by atoms with van der Waals surface area (Å²) in [6.07, 6.45) is 1.57. The van der Waals surface area contributed by atoms with E-state index in [1.54, 1.807) is 24.3 Å². The molecule has 0 saturated carbocycles. The highest BCUT2D eigenvalue weighted by Gasteiger charge is 2.11. The number of carbonyl (C=O) groups is 1. The van der Waals surface area contributed by atoms with E-state index in [1.807, 2.05) is 0 Å². The molecule has 0 aromatic heterocycles. The topological polar surface area (TPSA) is 52.6 Å². The molecule has 0 atom stereocenters. The van der Waals surface area contributed by atoms with E-state index in [0.717, 1.165) is 0 Å². The average Bonchev–Trinajstić information content (AvgIpc) is 2.37. The van der Waals surface area contributed by atoms with Crippen molar-refractivity contribution in [3.05, 3.63) is 48.3 Å². The molecule has 4 nitrogen and oxygen atoms in total. The number of benzene rings is 1. The molecule has 2 amide bonds. The lowest BCUT2D eigenvalue weighted by Crippen LogP contribution is -2.41. The van der Waals surface area contributed by atoms with E-state index in [-0.39, 0.29) is 31.5 Å². The third-order valence-corrected chi connectivity index (χ3v) is 2.39. The Bertz CT molecular complexity index is 410. The van der Waals surface area contributed by atoms with Crippen molar-refractivity contribution >= 4 is 6.03 Å². The first kappa shape index (κ1) is 14.2. The fourth-order valence-corrected chi connectivity index (χ4v) is 1.48. The number of nitrogens with one attached hydrogen (secondary N) is 1. The molecule has 2 N–H and O–H groups in total. The van der Waals surface area contributed by atoms with Crippen molar-refractivity contribution in [2.45, 2.75) is 6.54 Å². The van der Waals surface area contributed by atoms with E-state index >= 15 is 0 Å². The van der Waals surface area contributed by atoms with Gasteiger partial charge in [0.15, 0.2) is 0 Å². The molecule has 0 bridgehead atoms. The molecular formula is C13H17FN2O2. The van der Waals surface area contributed by atoms with Crippen LogP contribution >= 0.6 is 0 Å². The lowest BCUT2D eigenvalue weighted by molar-refractivity contribution is 0.183. The first-order valence-electron chi connectivity index (χ1n) is 5.67. The molecule has 1 rings (SSSR count). The largest absolute Gasteiger partial charge is 0.395 e. The van der Waals surface area contributed by atoms with E-state index in [9.17, 15) is 9.18 Å². The van der Waals surface area contributed by atoms with Gasteiger partial charge in [-0.05, 0) is 6.07 Å². The highest BCUT2D eigenvalue weighted by molar-refractivity contribution is 5.74. The van der Waals surface area contributed by atoms with Crippen LogP contribution in [0.25, 0.3) is 0 Å². The van der Waals surface area contributed by atoms with Crippen LogP contribution in [0, 0.1) is 5.82 Å². The molecule has 0 fully saturated rings. The fraction of sp³-hybridized carbons (Fsp3) is 0.308. The minimum atomic E-state index is -0.354. The monoisotopic (exact) mass is 252 g/mol. The summed E-state index contributed by atoms with van der Waals surface area (Å²) in [6.45, 7) is 4.08. The van der Waals surface area contributed by atoms with E-state index in [2.05, 4.69) is 11.9 Å². The average molecular weight is 252 g/mol. The highest BCUT2D eigenvalue weighted by Crippen LogP contribution is 2.05. The zero-order chi connectivity index (χ0) is 13.4. The van der Waals surface area contributed by atoms with Gasteiger partial charge in [-0.1, -0.05) is 24.3 Å². The van der Waals surface area contributed by atoms with Crippen molar-refractivity contribution in [2.24, 2.45) is 0 Å².